The van der Waals surface area contributed by atoms with Gasteiger partial charge in [-0.2, -0.15) is 0 Å². The van der Waals surface area contributed by atoms with E-state index in [4.69, 9.17) is 10.6 Å². The molecule has 0 saturated carbocycles. The topological polar surface area (TPSA) is 47.3 Å². The summed E-state index contributed by atoms with van der Waals surface area (Å²) in [6.45, 7) is 13.9. The zero-order valence-corrected chi connectivity index (χ0v) is 11.8. The van der Waals surface area contributed by atoms with Gasteiger partial charge in [0, 0.05) is 12.6 Å². The van der Waals surface area contributed by atoms with Gasteiger partial charge < -0.3 is 4.74 Å². The fourth-order valence-electron chi connectivity index (χ4n) is 1.98. The SMILES string of the molecule is CCOC(C(CCC(C)C)NN)C(C)(C)C. The first-order valence-corrected chi connectivity index (χ1v) is 6.40. The third kappa shape index (κ3) is 5.83. The van der Waals surface area contributed by atoms with Crippen molar-refractivity contribution >= 4 is 0 Å². The van der Waals surface area contributed by atoms with Crippen LogP contribution in [0.5, 0.6) is 0 Å². The highest BCUT2D eigenvalue weighted by atomic mass is 16.5. The zero-order chi connectivity index (χ0) is 12.8. The highest BCUT2D eigenvalue weighted by Crippen LogP contribution is 2.27. The van der Waals surface area contributed by atoms with Crippen LogP contribution in [0.25, 0.3) is 0 Å². The summed E-state index contributed by atoms with van der Waals surface area (Å²) >= 11 is 0. The molecule has 0 aliphatic rings. The van der Waals surface area contributed by atoms with Crippen molar-refractivity contribution < 1.29 is 4.74 Å². The molecule has 0 spiro atoms. The third-order valence-corrected chi connectivity index (χ3v) is 2.83. The number of hydrogen-bond acceptors (Lipinski definition) is 3. The standard InChI is InChI=1S/C13H30N2O/c1-7-16-12(13(4,5)6)11(15-14)9-8-10(2)3/h10-12,15H,7-9,14H2,1-6H3. The molecule has 16 heavy (non-hydrogen) atoms. The molecule has 0 aromatic rings. The monoisotopic (exact) mass is 230 g/mol. The Bertz CT molecular complexity index is 175. The van der Waals surface area contributed by atoms with Crippen molar-refractivity contribution in [3.05, 3.63) is 0 Å². The second-order valence-corrected chi connectivity index (χ2v) is 5.99. The summed E-state index contributed by atoms with van der Waals surface area (Å²) in [5.41, 5.74) is 3.04. The van der Waals surface area contributed by atoms with Crippen LogP contribution < -0.4 is 11.3 Å². The molecule has 3 heteroatoms. The maximum atomic E-state index is 5.85. The zero-order valence-electron chi connectivity index (χ0n) is 11.8. The van der Waals surface area contributed by atoms with Crippen LogP contribution in [0.15, 0.2) is 0 Å². The molecule has 0 aromatic carbocycles. The second kappa shape index (κ2) is 7.25. The summed E-state index contributed by atoms with van der Waals surface area (Å²) in [4.78, 5) is 0. The normalized spacial score (nSPS) is 16.5. The largest absolute Gasteiger partial charge is 0.376 e. The van der Waals surface area contributed by atoms with E-state index in [1.165, 1.54) is 6.42 Å². The van der Waals surface area contributed by atoms with Crippen LogP contribution in [0.2, 0.25) is 0 Å². The fraction of sp³-hybridized carbons (Fsp3) is 1.00. The van der Waals surface area contributed by atoms with Gasteiger partial charge in [-0.3, -0.25) is 11.3 Å². The Hall–Kier alpha value is -0.120. The Labute approximate surface area is 101 Å². The molecule has 2 atom stereocenters. The minimum absolute atomic E-state index is 0.115. The number of nitrogens with one attached hydrogen (secondary N) is 1. The lowest BCUT2D eigenvalue weighted by atomic mass is 9.82. The van der Waals surface area contributed by atoms with Crippen LogP contribution in [0.4, 0.5) is 0 Å². The quantitative estimate of drug-likeness (QED) is 0.522. The van der Waals surface area contributed by atoms with Crippen molar-refractivity contribution in [3.8, 4) is 0 Å². The van der Waals surface area contributed by atoms with E-state index in [-0.39, 0.29) is 17.6 Å². The van der Waals surface area contributed by atoms with E-state index in [2.05, 4.69) is 40.0 Å². The Morgan fingerprint density at radius 3 is 2.06 bits per heavy atom. The molecule has 0 saturated heterocycles. The lowest BCUT2D eigenvalue weighted by Gasteiger charge is -2.36. The molecule has 0 aliphatic carbocycles. The summed E-state index contributed by atoms with van der Waals surface area (Å²) in [6, 6.07) is 0.238. The average molecular weight is 230 g/mol. The summed E-state index contributed by atoms with van der Waals surface area (Å²) in [6.07, 6.45) is 2.41. The lowest BCUT2D eigenvalue weighted by Crippen LogP contribution is -2.50. The third-order valence-electron chi connectivity index (χ3n) is 2.83. The molecule has 0 radical (unpaired) electrons. The molecule has 3 N–H and O–H groups in total. The Morgan fingerprint density at radius 1 is 1.19 bits per heavy atom. The molecule has 98 valence electrons. The number of ether oxygens (including phenoxy) is 1. The van der Waals surface area contributed by atoms with E-state index in [1.54, 1.807) is 0 Å². The first-order valence-electron chi connectivity index (χ1n) is 6.40. The van der Waals surface area contributed by atoms with Crippen molar-refractivity contribution in [2.45, 2.75) is 66.5 Å². The van der Waals surface area contributed by atoms with E-state index in [1.807, 2.05) is 6.92 Å². The molecular formula is C13H30N2O. The first-order chi connectivity index (χ1) is 7.32. The summed E-state index contributed by atoms with van der Waals surface area (Å²) in [7, 11) is 0. The van der Waals surface area contributed by atoms with Crippen LogP contribution in [0.3, 0.4) is 0 Å². The molecule has 0 amide bonds. The molecule has 3 nitrogen and oxygen atoms in total. The molecule has 0 heterocycles. The van der Waals surface area contributed by atoms with Gasteiger partial charge in [-0.05, 0) is 31.1 Å². The Morgan fingerprint density at radius 2 is 1.75 bits per heavy atom. The maximum Gasteiger partial charge on any atom is 0.0789 e. The smallest absolute Gasteiger partial charge is 0.0789 e. The van der Waals surface area contributed by atoms with Gasteiger partial charge in [-0.25, -0.2) is 0 Å². The molecule has 0 aliphatic heterocycles. The summed E-state index contributed by atoms with van der Waals surface area (Å²) in [5.74, 6) is 6.36. The minimum Gasteiger partial charge on any atom is -0.376 e. The van der Waals surface area contributed by atoms with Crippen LogP contribution in [-0.4, -0.2) is 18.8 Å². The molecule has 0 fully saturated rings. The Balaban J connectivity index is 4.46. The minimum atomic E-state index is 0.115. The predicted octanol–water partition coefficient (Wildman–Crippen LogP) is 2.71. The van der Waals surface area contributed by atoms with E-state index >= 15 is 0 Å². The van der Waals surface area contributed by atoms with Gasteiger partial charge in [0.05, 0.1) is 6.10 Å². The number of rotatable bonds is 7. The molecular weight excluding hydrogens is 200 g/mol. The van der Waals surface area contributed by atoms with Crippen LogP contribution in [-0.2, 0) is 4.74 Å². The van der Waals surface area contributed by atoms with Crippen molar-refractivity contribution in [1.29, 1.82) is 0 Å². The second-order valence-electron chi connectivity index (χ2n) is 5.99. The van der Waals surface area contributed by atoms with Gasteiger partial charge in [0.2, 0.25) is 0 Å². The van der Waals surface area contributed by atoms with E-state index < -0.39 is 0 Å². The van der Waals surface area contributed by atoms with Gasteiger partial charge in [0.25, 0.3) is 0 Å². The highest BCUT2D eigenvalue weighted by Gasteiger charge is 2.32. The van der Waals surface area contributed by atoms with E-state index in [0.717, 1.165) is 13.0 Å². The first kappa shape index (κ1) is 15.9. The van der Waals surface area contributed by atoms with Gasteiger partial charge >= 0.3 is 0 Å². The van der Waals surface area contributed by atoms with Crippen molar-refractivity contribution in [2.24, 2.45) is 17.2 Å². The van der Waals surface area contributed by atoms with E-state index in [9.17, 15) is 0 Å². The Kier molecular flexibility index (Phi) is 7.20. The predicted molar refractivity (Wildman–Crippen MR) is 70.1 cm³/mol. The van der Waals surface area contributed by atoms with Gasteiger partial charge in [0.1, 0.15) is 0 Å². The fourth-order valence-corrected chi connectivity index (χ4v) is 1.98. The maximum absolute atomic E-state index is 5.85. The number of hydrazine groups is 1. The van der Waals surface area contributed by atoms with Gasteiger partial charge in [0.15, 0.2) is 0 Å². The number of nitrogens with two attached hydrogens (primary N) is 1. The van der Waals surface area contributed by atoms with Crippen LogP contribution in [0.1, 0.15) is 54.4 Å². The lowest BCUT2D eigenvalue weighted by molar-refractivity contribution is -0.0383. The van der Waals surface area contributed by atoms with Gasteiger partial charge in [-0.1, -0.05) is 34.6 Å². The van der Waals surface area contributed by atoms with Crippen LogP contribution >= 0.6 is 0 Å². The van der Waals surface area contributed by atoms with Crippen molar-refractivity contribution in [3.63, 3.8) is 0 Å². The highest BCUT2D eigenvalue weighted by molar-refractivity contribution is 4.85. The van der Waals surface area contributed by atoms with E-state index in [0.29, 0.717) is 5.92 Å². The average Bonchev–Trinajstić information content (AvgIpc) is 2.15. The summed E-state index contributed by atoms with van der Waals surface area (Å²) < 4.78 is 5.85. The molecule has 0 rings (SSSR count). The molecule has 0 bridgehead atoms. The molecule has 2 unspecified atom stereocenters. The molecule has 0 aromatic heterocycles. The van der Waals surface area contributed by atoms with Gasteiger partial charge in [-0.15, -0.1) is 0 Å². The van der Waals surface area contributed by atoms with Crippen molar-refractivity contribution in [2.75, 3.05) is 6.61 Å². The van der Waals surface area contributed by atoms with Crippen LogP contribution in [0, 0.1) is 11.3 Å². The summed E-state index contributed by atoms with van der Waals surface area (Å²) in [5, 5.41) is 0. The van der Waals surface area contributed by atoms with Crippen molar-refractivity contribution in [1.82, 2.24) is 5.43 Å². The number of hydrogen-bond donors (Lipinski definition) is 2.